The maximum absolute atomic E-state index is 6.01. The molecule has 0 saturated carbocycles. The van der Waals surface area contributed by atoms with Gasteiger partial charge in [0.2, 0.25) is 11.9 Å². The molecule has 0 amide bonds. The van der Waals surface area contributed by atoms with E-state index in [1.807, 2.05) is 26.0 Å². The fourth-order valence-electron chi connectivity index (χ4n) is 1.98. The number of halogens is 3. The van der Waals surface area contributed by atoms with Crippen LogP contribution in [0.4, 0.5) is 0 Å². The van der Waals surface area contributed by atoms with E-state index in [-0.39, 0.29) is 18.5 Å². The highest BCUT2D eigenvalue weighted by atomic mass is 79.9. The highest BCUT2D eigenvalue weighted by Crippen LogP contribution is 2.30. The number of hydrogen-bond donors (Lipinski definition) is 2. The van der Waals surface area contributed by atoms with E-state index in [1.165, 1.54) is 5.06 Å². The lowest BCUT2D eigenvalue weighted by atomic mass is 10.2. The molecule has 0 aromatic heterocycles. The van der Waals surface area contributed by atoms with Gasteiger partial charge in [-0.1, -0.05) is 51.3 Å². The van der Waals surface area contributed by atoms with Crippen LogP contribution >= 0.6 is 39.1 Å². The molecule has 0 radical (unpaired) electrons. The van der Waals surface area contributed by atoms with Crippen molar-refractivity contribution in [2.24, 2.45) is 21.5 Å². The number of guanidine groups is 2. The van der Waals surface area contributed by atoms with Crippen LogP contribution < -0.4 is 11.5 Å². The molecule has 1 aliphatic rings. The lowest BCUT2D eigenvalue weighted by Gasteiger charge is -2.36. The first-order chi connectivity index (χ1) is 10.7. The van der Waals surface area contributed by atoms with E-state index in [2.05, 4.69) is 25.9 Å². The molecule has 1 aromatic rings. The van der Waals surface area contributed by atoms with E-state index < -0.39 is 5.66 Å². The molecule has 4 N–H and O–H groups in total. The molecule has 0 bridgehead atoms. The zero-order valence-electron chi connectivity index (χ0n) is 12.6. The summed E-state index contributed by atoms with van der Waals surface area (Å²) in [5.41, 5.74) is 11.6. The van der Waals surface area contributed by atoms with Crippen molar-refractivity contribution >= 4 is 57.1 Å². The third-order valence-electron chi connectivity index (χ3n) is 2.96. The second kappa shape index (κ2) is 7.09. The highest BCUT2D eigenvalue weighted by molar-refractivity contribution is 9.10. The summed E-state index contributed by atoms with van der Waals surface area (Å²) in [7, 11) is 0. The maximum atomic E-state index is 6.01. The Labute approximate surface area is 152 Å². The molecule has 124 valence electrons. The van der Waals surface area contributed by atoms with Crippen LogP contribution in [0.1, 0.15) is 19.4 Å². The van der Waals surface area contributed by atoms with Gasteiger partial charge in [0.25, 0.3) is 0 Å². The largest absolute Gasteiger partial charge is 0.368 e. The van der Waals surface area contributed by atoms with Crippen molar-refractivity contribution in [1.82, 2.24) is 5.06 Å². The molecule has 0 unspecified atom stereocenters. The quantitative estimate of drug-likeness (QED) is 0.730. The van der Waals surface area contributed by atoms with Crippen LogP contribution in [0.3, 0.4) is 0 Å². The fraction of sp³-hybridized carbons (Fsp3) is 0.286. The molecule has 6 nitrogen and oxygen atoms in total. The van der Waals surface area contributed by atoms with Gasteiger partial charge in [0.05, 0.1) is 16.7 Å². The molecule has 1 aromatic carbocycles. The molecule has 1 heterocycles. The first kappa shape index (κ1) is 18.1. The van der Waals surface area contributed by atoms with Gasteiger partial charge in [0.1, 0.15) is 0 Å². The van der Waals surface area contributed by atoms with Gasteiger partial charge in [0.15, 0.2) is 5.66 Å². The monoisotopic (exact) mass is 419 g/mol. The second-order valence-corrected chi connectivity index (χ2v) is 6.88. The van der Waals surface area contributed by atoms with Crippen LogP contribution in [0.25, 0.3) is 6.08 Å². The molecule has 1 aliphatic heterocycles. The zero-order chi connectivity index (χ0) is 17.2. The van der Waals surface area contributed by atoms with Gasteiger partial charge >= 0.3 is 0 Å². The summed E-state index contributed by atoms with van der Waals surface area (Å²) in [6, 6.07) is 3.50. The van der Waals surface area contributed by atoms with E-state index in [0.29, 0.717) is 10.0 Å². The molecular weight excluding hydrogens is 405 g/mol. The predicted molar refractivity (Wildman–Crippen MR) is 98.3 cm³/mol. The van der Waals surface area contributed by atoms with E-state index in [4.69, 9.17) is 39.5 Å². The Kier molecular flexibility index (Phi) is 5.57. The van der Waals surface area contributed by atoms with Crippen molar-refractivity contribution < 1.29 is 4.84 Å². The normalized spacial score (nSPS) is 17.3. The summed E-state index contributed by atoms with van der Waals surface area (Å²) in [6.07, 6.45) is 3.67. The Morgan fingerprint density at radius 3 is 2.61 bits per heavy atom. The van der Waals surface area contributed by atoms with Crippen LogP contribution in [0.5, 0.6) is 0 Å². The summed E-state index contributed by atoms with van der Waals surface area (Å²) in [5.74, 6) is 0.286. The molecule has 0 fully saturated rings. The second-order valence-electron chi connectivity index (χ2n) is 5.21. The number of nitrogens with zero attached hydrogens (tertiary/aromatic N) is 3. The van der Waals surface area contributed by atoms with Crippen molar-refractivity contribution in [3.63, 3.8) is 0 Å². The van der Waals surface area contributed by atoms with Gasteiger partial charge in [0, 0.05) is 4.47 Å². The summed E-state index contributed by atoms with van der Waals surface area (Å²) in [5, 5.41) is 2.38. The summed E-state index contributed by atoms with van der Waals surface area (Å²) >= 11 is 15.4. The third kappa shape index (κ3) is 4.38. The molecule has 0 saturated heterocycles. The number of hydrogen-bond acceptors (Lipinski definition) is 6. The molecule has 0 spiro atoms. The average Bonchev–Trinajstić information content (AvgIpc) is 2.41. The number of nitrogens with two attached hydrogens (primary N) is 2. The number of aliphatic imine (C=N–C) groups is 2. The smallest absolute Gasteiger partial charge is 0.226 e. The maximum Gasteiger partial charge on any atom is 0.226 e. The fourth-order valence-corrected chi connectivity index (χ4v) is 2.92. The van der Waals surface area contributed by atoms with E-state index in [0.717, 1.165) is 10.0 Å². The molecule has 0 atom stereocenters. The lowest BCUT2D eigenvalue weighted by molar-refractivity contribution is -0.146. The van der Waals surface area contributed by atoms with Crippen molar-refractivity contribution in [3.05, 3.63) is 38.3 Å². The zero-order valence-corrected chi connectivity index (χ0v) is 15.7. The summed E-state index contributed by atoms with van der Waals surface area (Å²) in [4.78, 5) is 13.7. The standard InChI is InChI=1S/C14H16BrCl2N5O/c1-14(2)21-12(18)20-13(19)22(14)23-5-3-4-8-6-10(16)11(17)7-9(8)15/h3-4,6-7H,5H2,1-2H3,(H4,18,19,20,21)/b4-3+. The molecule has 2 rings (SSSR count). The van der Waals surface area contributed by atoms with Crippen LogP contribution in [-0.2, 0) is 4.84 Å². The van der Waals surface area contributed by atoms with E-state index in [1.54, 1.807) is 12.1 Å². The van der Waals surface area contributed by atoms with Crippen molar-refractivity contribution in [2.75, 3.05) is 6.61 Å². The van der Waals surface area contributed by atoms with Crippen LogP contribution in [-0.4, -0.2) is 29.3 Å². The third-order valence-corrected chi connectivity index (χ3v) is 4.37. The molecule has 9 heteroatoms. The van der Waals surface area contributed by atoms with E-state index >= 15 is 0 Å². The number of benzene rings is 1. The minimum absolute atomic E-state index is 0.127. The van der Waals surface area contributed by atoms with Gasteiger partial charge in [-0.3, -0.25) is 4.84 Å². The van der Waals surface area contributed by atoms with Crippen molar-refractivity contribution in [1.29, 1.82) is 0 Å². The Morgan fingerprint density at radius 1 is 1.30 bits per heavy atom. The Morgan fingerprint density at radius 2 is 1.96 bits per heavy atom. The molecular formula is C14H16BrCl2N5O. The van der Waals surface area contributed by atoms with Crippen LogP contribution in [0.15, 0.2) is 32.7 Å². The van der Waals surface area contributed by atoms with Crippen molar-refractivity contribution in [2.45, 2.75) is 19.5 Å². The molecule has 23 heavy (non-hydrogen) atoms. The van der Waals surface area contributed by atoms with Gasteiger partial charge in [-0.25, -0.2) is 4.99 Å². The first-order valence-electron chi connectivity index (χ1n) is 6.64. The van der Waals surface area contributed by atoms with E-state index in [9.17, 15) is 0 Å². The average molecular weight is 421 g/mol. The SMILES string of the molecule is CC1(C)N=C(N)N=C(N)N1OC/C=C/c1cc(Cl)c(Cl)cc1Br. The molecule has 0 aliphatic carbocycles. The number of hydroxylamine groups is 2. The Bertz CT molecular complexity index is 703. The van der Waals surface area contributed by atoms with Crippen LogP contribution in [0.2, 0.25) is 10.0 Å². The van der Waals surface area contributed by atoms with Gasteiger partial charge in [-0.05, 0) is 31.5 Å². The summed E-state index contributed by atoms with van der Waals surface area (Å²) in [6.45, 7) is 3.91. The van der Waals surface area contributed by atoms with Gasteiger partial charge < -0.3 is 11.5 Å². The minimum atomic E-state index is -0.728. The van der Waals surface area contributed by atoms with Crippen LogP contribution in [0, 0.1) is 0 Å². The van der Waals surface area contributed by atoms with Gasteiger partial charge in [-0.2, -0.15) is 10.1 Å². The Balaban J connectivity index is 2.03. The Hall–Kier alpha value is -1.28. The highest BCUT2D eigenvalue weighted by Gasteiger charge is 2.32. The summed E-state index contributed by atoms with van der Waals surface area (Å²) < 4.78 is 0.833. The first-order valence-corrected chi connectivity index (χ1v) is 8.19. The van der Waals surface area contributed by atoms with Gasteiger partial charge in [-0.15, -0.1) is 0 Å². The number of rotatable bonds is 4. The topological polar surface area (TPSA) is 89.2 Å². The lowest BCUT2D eigenvalue weighted by Crippen LogP contribution is -2.53. The van der Waals surface area contributed by atoms with Crippen molar-refractivity contribution in [3.8, 4) is 0 Å². The minimum Gasteiger partial charge on any atom is -0.368 e. The predicted octanol–water partition coefficient (Wildman–Crippen LogP) is 3.38.